The van der Waals surface area contributed by atoms with E-state index >= 15 is 0 Å². The van der Waals surface area contributed by atoms with E-state index in [2.05, 4.69) is 20.1 Å². The van der Waals surface area contributed by atoms with Crippen LogP contribution in [-0.4, -0.2) is 30.2 Å². The smallest absolute Gasteiger partial charge is 0.264 e. The molecule has 0 aliphatic rings. The number of rotatable bonds is 5. The maximum absolute atomic E-state index is 12.4. The molecule has 0 aliphatic carbocycles. The van der Waals surface area contributed by atoms with E-state index in [9.17, 15) is 8.42 Å². The molecule has 2 aromatic rings. The molecule has 0 saturated heterocycles. The number of nitrogens with one attached hydrogen (secondary N) is 2. The topological polar surface area (TPSA) is 88.9 Å². The molecule has 0 spiro atoms. The number of nitrogens with zero attached hydrogens (tertiary/aromatic N) is 3. The van der Waals surface area contributed by atoms with Crippen LogP contribution < -0.4 is 10.0 Å². The van der Waals surface area contributed by atoms with Gasteiger partial charge in [0.1, 0.15) is 16.5 Å². The predicted octanol–water partition coefficient (Wildman–Crippen LogP) is 2.35. The second kappa shape index (κ2) is 5.90. The average Bonchev–Trinajstić information content (AvgIpc) is 2.86. The van der Waals surface area contributed by atoms with E-state index in [-0.39, 0.29) is 16.0 Å². The molecule has 114 valence electrons. The maximum Gasteiger partial charge on any atom is 0.264 e. The quantitative estimate of drug-likeness (QED) is 0.879. The molecule has 0 atom stereocenters. The first-order chi connectivity index (χ1) is 9.85. The van der Waals surface area contributed by atoms with Gasteiger partial charge in [-0.05, 0) is 19.9 Å². The second-order valence-electron chi connectivity index (χ2n) is 4.61. The Morgan fingerprint density at radius 3 is 2.67 bits per heavy atom. The van der Waals surface area contributed by atoms with Gasteiger partial charge < -0.3 is 5.32 Å². The van der Waals surface area contributed by atoms with Crippen molar-refractivity contribution in [1.82, 2.24) is 14.8 Å². The molecule has 0 aliphatic heterocycles. The molecule has 0 saturated carbocycles. The van der Waals surface area contributed by atoms with E-state index in [1.54, 1.807) is 17.8 Å². The lowest BCUT2D eigenvalue weighted by molar-refractivity contribution is 0.539. The molecule has 2 N–H and O–H groups in total. The third kappa shape index (κ3) is 3.27. The summed E-state index contributed by atoms with van der Waals surface area (Å²) in [6.45, 7) is 3.82. The number of sulfonamides is 1. The summed E-state index contributed by atoms with van der Waals surface area (Å²) in [5.41, 5.74) is 0. The molecule has 2 aromatic heterocycles. The third-order valence-electron chi connectivity index (χ3n) is 2.76. The van der Waals surface area contributed by atoms with E-state index in [0.29, 0.717) is 11.6 Å². The Labute approximate surface area is 128 Å². The van der Waals surface area contributed by atoms with Gasteiger partial charge in [0.2, 0.25) is 0 Å². The molecule has 0 fully saturated rings. The number of hydrogen-bond acceptors (Lipinski definition) is 5. The van der Waals surface area contributed by atoms with Crippen LogP contribution in [0.25, 0.3) is 0 Å². The van der Waals surface area contributed by atoms with E-state index < -0.39 is 10.0 Å². The second-order valence-corrected chi connectivity index (χ2v) is 6.70. The largest absolute Gasteiger partial charge is 0.372 e. The molecule has 0 unspecified atom stereocenters. The van der Waals surface area contributed by atoms with E-state index in [1.807, 2.05) is 13.8 Å². The highest BCUT2D eigenvalue weighted by Crippen LogP contribution is 2.24. The summed E-state index contributed by atoms with van der Waals surface area (Å²) in [5, 5.41) is 7.08. The molecule has 2 rings (SSSR count). The first-order valence-electron chi connectivity index (χ1n) is 6.25. The van der Waals surface area contributed by atoms with E-state index in [0.717, 1.165) is 0 Å². The fourth-order valence-corrected chi connectivity index (χ4v) is 3.10. The van der Waals surface area contributed by atoms with Gasteiger partial charge >= 0.3 is 0 Å². The van der Waals surface area contributed by atoms with E-state index in [4.69, 9.17) is 11.6 Å². The van der Waals surface area contributed by atoms with Gasteiger partial charge in [-0.1, -0.05) is 11.6 Å². The number of hydrogen-bond donors (Lipinski definition) is 2. The van der Waals surface area contributed by atoms with Crippen LogP contribution in [0, 0.1) is 0 Å². The molecule has 2 heterocycles. The van der Waals surface area contributed by atoms with Crippen molar-refractivity contribution in [3.8, 4) is 0 Å². The van der Waals surface area contributed by atoms with Crippen molar-refractivity contribution in [1.29, 1.82) is 0 Å². The van der Waals surface area contributed by atoms with Crippen molar-refractivity contribution in [2.45, 2.75) is 24.8 Å². The van der Waals surface area contributed by atoms with E-state index in [1.165, 1.54) is 18.5 Å². The standard InChI is InChI=1S/C12H16ClN5O2S/c1-8(2)18-11(4-5-16-18)17-21(19,20)9-6-10(13)12(14-3)15-7-9/h4-8,17H,1-3H3,(H,14,15). The number of halogens is 1. The fraction of sp³-hybridized carbons (Fsp3) is 0.333. The van der Waals surface area contributed by atoms with Crippen LogP contribution in [0.3, 0.4) is 0 Å². The van der Waals surface area contributed by atoms with Crippen LogP contribution in [0.5, 0.6) is 0 Å². The van der Waals surface area contributed by atoms with Crippen molar-refractivity contribution in [2.75, 3.05) is 17.1 Å². The Hall–Kier alpha value is -1.80. The summed E-state index contributed by atoms with van der Waals surface area (Å²) in [5.74, 6) is 0.807. The molecule has 0 aromatic carbocycles. The van der Waals surface area contributed by atoms with Crippen LogP contribution in [-0.2, 0) is 10.0 Å². The van der Waals surface area contributed by atoms with Crippen molar-refractivity contribution in [3.63, 3.8) is 0 Å². The van der Waals surface area contributed by atoms with Gasteiger partial charge in [-0.25, -0.2) is 18.1 Å². The zero-order valence-electron chi connectivity index (χ0n) is 11.8. The Kier molecular flexibility index (Phi) is 4.38. The summed E-state index contributed by atoms with van der Waals surface area (Å²) in [4.78, 5) is 3.95. The van der Waals surface area contributed by atoms with Crippen molar-refractivity contribution >= 4 is 33.3 Å². The highest BCUT2D eigenvalue weighted by atomic mass is 35.5. The summed E-state index contributed by atoms with van der Waals surface area (Å²) < 4.78 is 28.8. The molecular weight excluding hydrogens is 314 g/mol. The van der Waals surface area contributed by atoms with Crippen molar-refractivity contribution in [3.05, 3.63) is 29.5 Å². The minimum Gasteiger partial charge on any atom is -0.372 e. The van der Waals surface area contributed by atoms with Crippen LogP contribution in [0.15, 0.2) is 29.4 Å². The van der Waals surface area contributed by atoms with Gasteiger partial charge in [-0.3, -0.25) is 4.72 Å². The fourth-order valence-electron chi connectivity index (χ4n) is 1.75. The zero-order valence-corrected chi connectivity index (χ0v) is 13.4. The molecule has 9 heteroatoms. The Balaban J connectivity index is 2.34. The summed E-state index contributed by atoms with van der Waals surface area (Å²) in [7, 11) is -2.12. The summed E-state index contributed by atoms with van der Waals surface area (Å²) in [6, 6.07) is 2.97. The first-order valence-corrected chi connectivity index (χ1v) is 8.11. The SMILES string of the molecule is CNc1ncc(S(=O)(=O)Nc2ccnn2C(C)C)cc1Cl. The van der Waals surface area contributed by atoms with Gasteiger partial charge in [0.05, 0.1) is 11.2 Å². The highest BCUT2D eigenvalue weighted by Gasteiger charge is 2.19. The lowest BCUT2D eigenvalue weighted by Gasteiger charge is -2.13. The number of aromatic nitrogens is 3. The Morgan fingerprint density at radius 2 is 2.10 bits per heavy atom. The van der Waals surface area contributed by atoms with Crippen LogP contribution in [0.1, 0.15) is 19.9 Å². The van der Waals surface area contributed by atoms with Crippen LogP contribution >= 0.6 is 11.6 Å². The molecule has 0 bridgehead atoms. The van der Waals surface area contributed by atoms with Gasteiger partial charge in [-0.2, -0.15) is 5.10 Å². The lowest BCUT2D eigenvalue weighted by Crippen LogP contribution is -2.17. The van der Waals surface area contributed by atoms with Crippen molar-refractivity contribution in [2.24, 2.45) is 0 Å². The minimum absolute atomic E-state index is 0.0111. The number of pyridine rings is 1. The average molecular weight is 330 g/mol. The van der Waals surface area contributed by atoms with Gasteiger partial charge in [0.15, 0.2) is 0 Å². The van der Waals surface area contributed by atoms with Crippen molar-refractivity contribution < 1.29 is 8.42 Å². The van der Waals surface area contributed by atoms with Crippen LogP contribution in [0.4, 0.5) is 11.6 Å². The normalized spacial score (nSPS) is 11.7. The molecule has 7 nitrogen and oxygen atoms in total. The molecular formula is C12H16ClN5O2S. The molecule has 0 radical (unpaired) electrons. The van der Waals surface area contributed by atoms with Gasteiger partial charge in [0.25, 0.3) is 10.0 Å². The minimum atomic E-state index is -3.77. The highest BCUT2D eigenvalue weighted by molar-refractivity contribution is 7.92. The predicted molar refractivity (Wildman–Crippen MR) is 82.2 cm³/mol. The van der Waals surface area contributed by atoms with Gasteiger partial charge in [-0.15, -0.1) is 0 Å². The lowest BCUT2D eigenvalue weighted by atomic mass is 10.4. The summed E-state index contributed by atoms with van der Waals surface area (Å²) in [6.07, 6.45) is 2.78. The number of anilines is 2. The first kappa shape index (κ1) is 15.6. The van der Waals surface area contributed by atoms with Gasteiger partial charge in [0, 0.05) is 25.4 Å². The van der Waals surface area contributed by atoms with Crippen LogP contribution in [0.2, 0.25) is 5.02 Å². The zero-order chi connectivity index (χ0) is 15.6. The molecule has 0 amide bonds. The molecule has 21 heavy (non-hydrogen) atoms. The third-order valence-corrected chi connectivity index (χ3v) is 4.37. The maximum atomic E-state index is 12.4. The monoisotopic (exact) mass is 329 g/mol. The Bertz CT molecular complexity index is 742. The Morgan fingerprint density at radius 1 is 1.38 bits per heavy atom. The summed E-state index contributed by atoms with van der Waals surface area (Å²) >= 11 is 5.96.